The summed E-state index contributed by atoms with van der Waals surface area (Å²) >= 11 is 5.77. The summed E-state index contributed by atoms with van der Waals surface area (Å²) in [5.74, 6) is -0.211. The molecule has 1 aromatic rings. The van der Waals surface area contributed by atoms with Gasteiger partial charge in [0.05, 0.1) is 20.3 Å². The molecular weight excluding hydrogens is 286 g/mol. The number of rotatable bonds is 3. The van der Waals surface area contributed by atoms with E-state index < -0.39 is 11.6 Å². The van der Waals surface area contributed by atoms with Crippen LogP contribution in [0.25, 0.3) is 0 Å². The monoisotopic (exact) mass is 301 g/mol. The molecule has 1 aromatic heterocycles. The standard InChI is InChI=1S/C12H16ClN3O4/c1-8(11(17)15-3-5-20-6-4-15)16-7-14-10(13)9(19-2)12(16)18/h7-8H,3-6H2,1-2H3. The first-order chi connectivity index (χ1) is 9.56. The topological polar surface area (TPSA) is 73.7 Å². The Balaban J connectivity index is 2.26. The quantitative estimate of drug-likeness (QED) is 0.752. The number of aromatic nitrogens is 2. The van der Waals surface area contributed by atoms with Gasteiger partial charge in [0.1, 0.15) is 12.4 Å². The van der Waals surface area contributed by atoms with Gasteiger partial charge in [-0.05, 0) is 6.92 Å². The zero-order valence-corrected chi connectivity index (χ0v) is 12.1. The molecule has 0 N–H and O–H groups in total. The normalized spacial score (nSPS) is 16.9. The van der Waals surface area contributed by atoms with Crippen molar-refractivity contribution in [1.29, 1.82) is 0 Å². The fourth-order valence-corrected chi connectivity index (χ4v) is 2.25. The van der Waals surface area contributed by atoms with Gasteiger partial charge in [0, 0.05) is 13.1 Å². The number of ether oxygens (including phenoxy) is 2. The van der Waals surface area contributed by atoms with E-state index in [1.54, 1.807) is 11.8 Å². The van der Waals surface area contributed by atoms with Crippen LogP contribution in [0.15, 0.2) is 11.1 Å². The van der Waals surface area contributed by atoms with E-state index in [4.69, 9.17) is 21.1 Å². The number of hydrogen-bond acceptors (Lipinski definition) is 5. The van der Waals surface area contributed by atoms with Gasteiger partial charge in [0.15, 0.2) is 5.15 Å². The van der Waals surface area contributed by atoms with E-state index in [9.17, 15) is 9.59 Å². The Bertz CT molecular complexity index is 554. The Morgan fingerprint density at radius 1 is 1.50 bits per heavy atom. The van der Waals surface area contributed by atoms with Crippen LogP contribution in [0.1, 0.15) is 13.0 Å². The van der Waals surface area contributed by atoms with Gasteiger partial charge in [0.2, 0.25) is 11.7 Å². The summed E-state index contributed by atoms with van der Waals surface area (Å²) in [6.07, 6.45) is 1.26. The van der Waals surface area contributed by atoms with Crippen molar-refractivity contribution in [3.63, 3.8) is 0 Å². The molecule has 1 atom stereocenters. The molecule has 8 heteroatoms. The van der Waals surface area contributed by atoms with Crippen LogP contribution in [0.4, 0.5) is 0 Å². The molecule has 110 valence electrons. The molecular formula is C12H16ClN3O4. The van der Waals surface area contributed by atoms with Crippen LogP contribution in [0.3, 0.4) is 0 Å². The highest BCUT2D eigenvalue weighted by Crippen LogP contribution is 2.17. The summed E-state index contributed by atoms with van der Waals surface area (Å²) in [6.45, 7) is 3.71. The maximum atomic E-state index is 12.3. The lowest BCUT2D eigenvalue weighted by Crippen LogP contribution is -2.45. The summed E-state index contributed by atoms with van der Waals surface area (Å²) in [6, 6.07) is -0.667. The lowest BCUT2D eigenvalue weighted by atomic mass is 10.2. The fraction of sp³-hybridized carbons (Fsp3) is 0.583. The minimum Gasteiger partial charge on any atom is -0.489 e. The predicted octanol–water partition coefficient (Wildman–Crippen LogP) is 0.325. The van der Waals surface area contributed by atoms with Crippen LogP contribution in [-0.2, 0) is 9.53 Å². The molecule has 1 aliphatic rings. The van der Waals surface area contributed by atoms with Crippen LogP contribution in [0.5, 0.6) is 5.75 Å². The smallest absolute Gasteiger partial charge is 0.298 e. The van der Waals surface area contributed by atoms with E-state index >= 15 is 0 Å². The highest BCUT2D eigenvalue weighted by atomic mass is 35.5. The van der Waals surface area contributed by atoms with Crippen molar-refractivity contribution in [2.24, 2.45) is 0 Å². The maximum absolute atomic E-state index is 12.3. The number of carbonyl (C=O) groups excluding carboxylic acids is 1. The molecule has 1 aliphatic heterocycles. The highest BCUT2D eigenvalue weighted by molar-refractivity contribution is 6.30. The molecule has 20 heavy (non-hydrogen) atoms. The van der Waals surface area contributed by atoms with E-state index in [0.29, 0.717) is 26.3 Å². The second kappa shape index (κ2) is 6.23. The summed E-state index contributed by atoms with van der Waals surface area (Å²) in [5.41, 5.74) is -0.471. The first-order valence-electron chi connectivity index (χ1n) is 6.23. The van der Waals surface area contributed by atoms with E-state index in [1.807, 2.05) is 0 Å². The number of hydrogen-bond donors (Lipinski definition) is 0. The largest absolute Gasteiger partial charge is 0.489 e. The molecule has 0 aliphatic carbocycles. The molecule has 0 saturated carbocycles. The number of halogens is 1. The first kappa shape index (κ1) is 14.8. The van der Waals surface area contributed by atoms with Gasteiger partial charge in [-0.25, -0.2) is 4.98 Å². The molecule has 1 fully saturated rings. The average molecular weight is 302 g/mol. The van der Waals surface area contributed by atoms with Crippen LogP contribution in [0.2, 0.25) is 5.15 Å². The SMILES string of the molecule is COc1c(Cl)ncn(C(C)C(=O)N2CCOCC2)c1=O. The average Bonchev–Trinajstić information content (AvgIpc) is 2.47. The third-order valence-electron chi connectivity index (χ3n) is 3.21. The molecule has 1 saturated heterocycles. The van der Waals surface area contributed by atoms with Gasteiger partial charge in [-0.15, -0.1) is 0 Å². The third kappa shape index (κ3) is 2.78. The number of morpholine rings is 1. The van der Waals surface area contributed by atoms with Crippen LogP contribution in [-0.4, -0.2) is 53.8 Å². The van der Waals surface area contributed by atoms with Gasteiger partial charge in [0.25, 0.3) is 5.56 Å². The van der Waals surface area contributed by atoms with Crippen molar-refractivity contribution in [3.05, 3.63) is 21.8 Å². The maximum Gasteiger partial charge on any atom is 0.298 e. The molecule has 2 rings (SSSR count). The summed E-state index contributed by atoms with van der Waals surface area (Å²) in [5, 5.41) is -0.0141. The third-order valence-corrected chi connectivity index (χ3v) is 3.48. The van der Waals surface area contributed by atoms with E-state index in [0.717, 1.165) is 0 Å². The predicted molar refractivity (Wildman–Crippen MR) is 72.2 cm³/mol. The Labute approximate surface area is 121 Å². The Morgan fingerprint density at radius 3 is 2.75 bits per heavy atom. The lowest BCUT2D eigenvalue weighted by molar-refractivity contribution is -0.138. The van der Waals surface area contributed by atoms with Gasteiger partial charge in [-0.2, -0.15) is 0 Å². The lowest BCUT2D eigenvalue weighted by Gasteiger charge is -2.29. The van der Waals surface area contributed by atoms with Gasteiger partial charge >= 0.3 is 0 Å². The van der Waals surface area contributed by atoms with E-state index in [1.165, 1.54) is 18.0 Å². The molecule has 0 radical (unpaired) electrons. The summed E-state index contributed by atoms with van der Waals surface area (Å²) < 4.78 is 11.3. The van der Waals surface area contributed by atoms with Gasteiger partial charge in [-0.3, -0.25) is 14.2 Å². The second-order valence-corrected chi connectivity index (χ2v) is 4.75. The van der Waals surface area contributed by atoms with Crippen molar-refractivity contribution >= 4 is 17.5 Å². The molecule has 1 unspecified atom stereocenters. The van der Waals surface area contributed by atoms with Gasteiger partial charge in [-0.1, -0.05) is 11.6 Å². The van der Waals surface area contributed by atoms with Crippen LogP contribution >= 0.6 is 11.6 Å². The zero-order valence-electron chi connectivity index (χ0n) is 11.3. The van der Waals surface area contributed by atoms with E-state index in [2.05, 4.69) is 4.98 Å². The second-order valence-electron chi connectivity index (χ2n) is 4.39. The number of nitrogens with zero attached hydrogens (tertiary/aromatic N) is 3. The highest BCUT2D eigenvalue weighted by Gasteiger charge is 2.25. The molecule has 0 bridgehead atoms. The molecule has 0 spiro atoms. The fourth-order valence-electron chi connectivity index (χ4n) is 2.04. The Hall–Kier alpha value is -1.60. The Morgan fingerprint density at radius 2 is 2.15 bits per heavy atom. The molecule has 2 heterocycles. The van der Waals surface area contributed by atoms with Crippen molar-refractivity contribution in [2.75, 3.05) is 33.4 Å². The van der Waals surface area contributed by atoms with Crippen LogP contribution in [0, 0.1) is 0 Å². The minimum absolute atomic E-state index is 0.0141. The summed E-state index contributed by atoms with van der Waals surface area (Å²) in [4.78, 5) is 30.0. The zero-order chi connectivity index (χ0) is 14.7. The van der Waals surface area contributed by atoms with Crippen molar-refractivity contribution < 1.29 is 14.3 Å². The van der Waals surface area contributed by atoms with E-state index in [-0.39, 0.29) is 16.8 Å². The van der Waals surface area contributed by atoms with Crippen molar-refractivity contribution in [2.45, 2.75) is 13.0 Å². The molecule has 1 amide bonds. The first-order valence-corrected chi connectivity index (χ1v) is 6.61. The molecule has 0 aromatic carbocycles. The van der Waals surface area contributed by atoms with Gasteiger partial charge < -0.3 is 14.4 Å². The Kier molecular flexibility index (Phi) is 4.61. The van der Waals surface area contributed by atoms with Crippen molar-refractivity contribution in [3.8, 4) is 5.75 Å². The number of carbonyl (C=O) groups is 1. The number of amides is 1. The van der Waals surface area contributed by atoms with Crippen LogP contribution < -0.4 is 10.3 Å². The van der Waals surface area contributed by atoms with Crippen molar-refractivity contribution in [1.82, 2.24) is 14.5 Å². The minimum atomic E-state index is -0.667. The molecule has 7 nitrogen and oxygen atoms in total. The number of methoxy groups -OCH3 is 1. The summed E-state index contributed by atoms with van der Waals surface area (Å²) in [7, 11) is 1.34.